The van der Waals surface area contributed by atoms with Gasteiger partial charge >= 0.3 is 50.1 Å². The van der Waals surface area contributed by atoms with Crippen LogP contribution in [0.2, 0.25) is 0 Å². The standard InChI is InChI=1S/C39H32OP2.C24H18Br2N2.2C4H10O.Cu.F6P/c1-39(2)33-25-15-27-35(41(29-17-7-3-8-18-29)30-19-9-4-10-20-30)37(33)40-38-34(39)26-16-28-36(38)42(31-21-11-5-12-22-31)32-23-13-6-14-24-32;1-15-11-19(17-3-7-21(25)8-4-17)13-23(27-15)24-14-20(12-16(2)28-24)18-5-9-22(26)10-6-18;2*1-3-5-4-2;;1-7(2,3,4,5)6/h3-28H,1-2H3;3-14H,1-2H3;2*3-4H2,1-2H3;;/q;;;;+1;-1. The van der Waals surface area contributed by atoms with E-state index < -0.39 is 23.7 Å². The van der Waals surface area contributed by atoms with Crippen LogP contribution in [0.4, 0.5) is 25.2 Å². The van der Waals surface area contributed by atoms with Gasteiger partial charge in [-0.15, -0.1) is 0 Å². The summed E-state index contributed by atoms with van der Waals surface area (Å²) in [6, 6.07) is 82.3. The van der Waals surface area contributed by atoms with Crippen molar-refractivity contribution in [3.05, 3.63) is 262 Å². The van der Waals surface area contributed by atoms with Gasteiger partial charge in [0.2, 0.25) is 0 Å². The molecule has 11 rings (SSSR count). The van der Waals surface area contributed by atoms with Crippen molar-refractivity contribution in [2.45, 2.75) is 60.8 Å². The fourth-order valence-corrected chi connectivity index (χ4v) is 15.0. The number of fused-ring (bicyclic) bond motifs is 2. The molecule has 5 nitrogen and oxygen atoms in total. The molecule has 88 heavy (non-hydrogen) atoms. The molecule has 0 fully saturated rings. The Labute approximate surface area is 544 Å². The summed E-state index contributed by atoms with van der Waals surface area (Å²) in [5.41, 5.74) is 10.6. The van der Waals surface area contributed by atoms with Gasteiger partial charge in [-0.1, -0.05) is 228 Å². The summed E-state index contributed by atoms with van der Waals surface area (Å²) in [7, 11) is -12.3. The number of pyridine rings is 2. The maximum atomic E-state index is 9.87. The van der Waals surface area contributed by atoms with Crippen LogP contribution in [-0.4, -0.2) is 36.4 Å². The van der Waals surface area contributed by atoms with Crippen LogP contribution in [0.15, 0.2) is 239 Å². The third-order valence-corrected chi connectivity index (χ3v) is 19.4. The second kappa shape index (κ2) is 31.7. The van der Waals surface area contributed by atoms with Gasteiger partial charge in [-0.2, -0.15) is 0 Å². The molecule has 0 aliphatic carbocycles. The minimum absolute atomic E-state index is 0. The quantitative estimate of drug-likeness (QED) is 0.0654. The number of aryl methyl sites for hydroxylation is 2. The van der Waals surface area contributed by atoms with Crippen LogP contribution < -0.4 is 36.6 Å². The Morgan fingerprint density at radius 1 is 0.409 bits per heavy atom. The van der Waals surface area contributed by atoms with E-state index in [0.29, 0.717) is 0 Å². The fraction of sp³-hybridized carbons (Fsp3) is 0.183. The smallest absolute Gasteiger partial charge is 1.00 e. The van der Waals surface area contributed by atoms with Gasteiger partial charge in [0, 0.05) is 73.9 Å². The largest absolute Gasteiger partial charge is 1.00 e. The second-order valence-corrected chi connectivity index (χ2v) is 28.5. The van der Waals surface area contributed by atoms with Crippen molar-refractivity contribution < 1.29 is 56.5 Å². The second-order valence-electron chi connectivity index (χ2n) is 20.3. The summed E-state index contributed by atoms with van der Waals surface area (Å²) in [6.07, 6.45) is 0. The van der Waals surface area contributed by atoms with Gasteiger partial charge in [0.1, 0.15) is 11.5 Å². The molecule has 0 radical (unpaired) electrons. The Hall–Kier alpha value is -5.87. The number of hydrogen-bond donors (Lipinski definition) is 0. The molecule has 0 unspecified atom stereocenters. The van der Waals surface area contributed by atoms with E-state index in [1.54, 1.807) is 0 Å². The predicted octanol–water partition coefficient (Wildman–Crippen LogP) is 20.7. The van der Waals surface area contributed by atoms with Crippen LogP contribution in [0.1, 0.15) is 64.1 Å². The maximum Gasteiger partial charge on any atom is 1.00 e. The Kier molecular flexibility index (Phi) is 25.7. The van der Waals surface area contributed by atoms with Crippen molar-refractivity contribution in [3.8, 4) is 45.1 Å². The van der Waals surface area contributed by atoms with E-state index in [2.05, 4.69) is 276 Å². The zero-order valence-electron chi connectivity index (χ0n) is 50.1. The molecule has 2 aromatic heterocycles. The Bertz CT molecular complexity index is 3480. The third kappa shape index (κ3) is 21.1. The van der Waals surface area contributed by atoms with Crippen LogP contribution in [0.5, 0.6) is 11.5 Å². The Balaban J connectivity index is 0.000000230. The Morgan fingerprint density at radius 2 is 0.693 bits per heavy atom. The summed E-state index contributed by atoms with van der Waals surface area (Å²) >= 11 is 7.00. The first-order chi connectivity index (χ1) is 41.4. The number of ether oxygens (including phenoxy) is 3. The van der Waals surface area contributed by atoms with E-state index in [0.717, 1.165) is 91.9 Å². The molecule has 0 spiro atoms. The molecule has 3 heterocycles. The van der Waals surface area contributed by atoms with Gasteiger partial charge in [0.05, 0.1) is 11.4 Å². The van der Waals surface area contributed by atoms with E-state index in [1.807, 2.05) is 41.5 Å². The molecule has 0 bridgehead atoms. The van der Waals surface area contributed by atoms with Gasteiger partial charge in [0.25, 0.3) is 0 Å². The molecule has 8 aromatic carbocycles. The fourth-order valence-electron chi connectivity index (χ4n) is 9.64. The topological polar surface area (TPSA) is 53.5 Å². The maximum absolute atomic E-state index is 10.7. The number of rotatable bonds is 13. The molecule has 464 valence electrons. The zero-order chi connectivity index (χ0) is 62.8. The molecular weight excluding hydrogens is 1360 g/mol. The number of halogens is 8. The van der Waals surface area contributed by atoms with E-state index in [4.69, 9.17) is 24.2 Å². The van der Waals surface area contributed by atoms with Crippen LogP contribution >= 0.6 is 55.5 Å². The third-order valence-electron chi connectivity index (χ3n) is 13.4. The van der Waals surface area contributed by atoms with Crippen LogP contribution in [0.3, 0.4) is 0 Å². The SMILES string of the molecule is CC1(C)c2cccc(P(c3ccccc3)c3ccccc3)c2Oc2c(P(c3ccccc3)c3ccccc3)cccc21.CCOCC.CCOCC.Cc1cc(-c2ccc(Br)cc2)cc(-c2cc(-c3ccc(Br)cc3)cc(C)n2)n1.F[P-](F)(F)(F)(F)F.[Cu+]. The van der Waals surface area contributed by atoms with Crippen molar-refractivity contribution in [3.63, 3.8) is 0 Å². The van der Waals surface area contributed by atoms with Gasteiger partial charge in [0.15, 0.2) is 0 Å². The van der Waals surface area contributed by atoms with Crippen molar-refractivity contribution in [2.75, 3.05) is 26.4 Å². The monoisotopic (exact) mass is 1430 g/mol. The number of aromatic nitrogens is 2. The van der Waals surface area contributed by atoms with E-state index in [9.17, 15) is 25.2 Å². The Morgan fingerprint density at radius 3 is 0.955 bits per heavy atom. The summed E-state index contributed by atoms with van der Waals surface area (Å²) in [4.78, 5) is 9.52. The molecular formula is C71H70Br2CuF6N2O3P3. The van der Waals surface area contributed by atoms with Crippen molar-refractivity contribution >= 4 is 87.3 Å². The average Bonchev–Trinajstić information content (AvgIpc) is 0.877. The average molecular weight is 1430 g/mol. The predicted molar refractivity (Wildman–Crippen MR) is 364 cm³/mol. The minimum Gasteiger partial charge on any atom is 1.00 e. The normalized spacial score (nSPS) is 12.6. The summed E-state index contributed by atoms with van der Waals surface area (Å²) in [5, 5.41) is 7.81. The van der Waals surface area contributed by atoms with Crippen molar-refractivity contribution in [1.82, 2.24) is 9.97 Å². The molecule has 10 aromatic rings. The van der Waals surface area contributed by atoms with Crippen molar-refractivity contribution in [1.29, 1.82) is 0 Å². The van der Waals surface area contributed by atoms with Crippen molar-refractivity contribution in [2.24, 2.45) is 0 Å². The molecule has 1 aliphatic rings. The molecule has 0 amide bonds. The van der Waals surface area contributed by atoms with Gasteiger partial charge in [-0.25, -0.2) is 0 Å². The molecule has 1 aliphatic heterocycles. The van der Waals surface area contributed by atoms with E-state index in [-0.39, 0.29) is 22.5 Å². The first-order valence-electron chi connectivity index (χ1n) is 28.4. The first kappa shape index (κ1) is 71.2. The molecule has 0 atom stereocenters. The minimum atomic E-state index is -10.7. The van der Waals surface area contributed by atoms with Gasteiger partial charge in [-0.05, 0) is 149 Å². The zero-order valence-corrected chi connectivity index (χ0v) is 56.9. The van der Waals surface area contributed by atoms with Gasteiger partial charge in [-0.3, -0.25) is 9.97 Å². The van der Waals surface area contributed by atoms with E-state index >= 15 is 0 Å². The molecule has 0 N–H and O–H groups in total. The first-order valence-corrected chi connectivity index (χ1v) is 34.7. The number of benzene rings is 8. The van der Waals surface area contributed by atoms with Crippen LogP contribution in [0.25, 0.3) is 33.6 Å². The number of nitrogens with zero attached hydrogens (tertiary/aromatic N) is 2. The summed E-state index contributed by atoms with van der Waals surface area (Å²) in [6.45, 7) is 20.1. The number of hydrogen-bond acceptors (Lipinski definition) is 5. The summed E-state index contributed by atoms with van der Waals surface area (Å²) < 4.78 is 78.3. The molecule has 0 saturated heterocycles. The van der Waals surface area contributed by atoms with Crippen LogP contribution in [0, 0.1) is 13.8 Å². The van der Waals surface area contributed by atoms with Crippen LogP contribution in [-0.2, 0) is 32.0 Å². The molecule has 0 saturated carbocycles. The summed E-state index contributed by atoms with van der Waals surface area (Å²) in [5.74, 6) is 2.02. The molecule has 17 heteroatoms. The van der Waals surface area contributed by atoms with E-state index in [1.165, 1.54) is 43.0 Å². The number of para-hydroxylation sites is 2. The van der Waals surface area contributed by atoms with Gasteiger partial charge < -0.3 is 14.2 Å².